The number of phosphoric ester groups is 1. The lowest BCUT2D eigenvalue weighted by atomic mass is 10.1. The van der Waals surface area contributed by atoms with E-state index in [1.54, 1.807) is 6.07 Å². The van der Waals surface area contributed by atoms with Gasteiger partial charge in [0, 0.05) is 12.7 Å². The zero-order valence-corrected chi connectivity index (χ0v) is 23.8. The molecule has 3 aromatic rings. The van der Waals surface area contributed by atoms with Crippen molar-refractivity contribution in [3.8, 4) is 0 Å². The third kappa shape index (κ3) is 7.25. The molecule has 0 amide bonds. The van der Waals surface area contributed by atoms with Gasteiger partial charge in [-0.2, -0.15) is 9.29 Å². The van der Waals surface area contributed by atoms with E-state index >= 15 is 0 Å². The van der Waals surface area contributed by atoms with Crippen LogP contribution in [-0.4, -0.2) is 75.7 Å². The number of benzene rings is 1. The number of carbonyl (C=O) groups excluding carboxylic acids is 1. The van der Waals surface area contributed by atoms with Crippen LogP contribution < -0.4 is 16.6 Å². The Kier molecular flexibility index (Phi) is 8.85. The van der Waals surface area contributed by atoms with E-state index in [0.717, 1.165) is 10.9 Å². The molecule has 41 heavy (non-hydrogen) atoms. The summed E-state index contributed by atoms with van der Waals surface area (Å²) in [4.78, 5) is 73.1. The monoisotopic (exact) mass is 658 g/mol. The first-order valence-corrected chi connectivity index (χ1v) is 16.5. The van der Waals surface area contributed by atoms with Gasteiger partial charge in [0.2, 0.25) is 12.2 Å². The lowest BCUT2D eigenvalue weighted by molar-refractivity contribution is -0.135. The molecule has 1 saturated heterocycles. The second-order valence-electron chi connectivity index (χ2n) is 8.02. The van der Waals surface area contributed by atoms with Gasteiger partial charge in [-0.3, -0.25) is 18.9 Å². The maximum absolute atomic E-state index is 13.0. The van der Waals surface area contributed by atoms with Crippen molar-refractivity contribution in [2.75, 3.05) is 18.1 Å². The standard InChI is InChI=1S/C17H21N6O14P3S/c1-19-8-5-3-2-4-7(8)15(26)33-11-10(24)14(23-6-20-9-12(23)21-17(18)22-13(9)25)34-16(11)35-38(27,28)36-39(29,30)37-40(31,32)41/h2-6,10-11,14,16,19,24H,1H3,(H,27,28)(H,29,30)(H2,31,32,41)(H3,18,21,22,25)/t10-,11+,14-,16-/m1/s1. The minimum atomic E-state index is -5.76. The molecule has 1 aromatic carbocycles. The lowest BCUT2D eigenvalue weighted by Gasteiger charge is -2.23. The first-order chi connectivity index (χ1) is 19.0. The molecule has 20 nitrogen and oxygen atoms in total. The largest absolute Gasteiger partial charge is 0.488 e. The van der Waals surface area contributed by atoms with Gasteiger partial charge in [-0.1, -0.05) is 12.1 Å². The van der Waals surface area contributed by atoms with E-state index in [0.29, 0.717) is 5.69 Å². The molecule has 2 unspecified atom stereocenters. The fourth-order valence-corrected chi connectivity index (χ4v) is 7.53. The molecule has 9 N–H and O–H groups in total. The van der Waals surface area contributed by atoms with Gasteiger partial charge in [0.15, 0.2) is 23.5 Å². The average Bonchev–Trinajstić information content (AvgIpc) is 3.37. The number of aromatic amines is 1. The second-order valence-corrected chi connectivity index (χ2v) is 13.8. The summed E-state index contributed by atoms with van der Waals surface area (Å²) in [6, 6.07) is 5.99. The number of nitrogens with zero attached hydrogens (tertiary/aromatic N) is 3. The Morgan fingerprint density at radius 1 is 1.20 bits per heavy atom. The van der Waals surface area contributed by atoms with Gasteiger partial charge in [0.05, 0.1) is 11.9 Å². The first-order valence-electron chi connectivity index (χ1n) is 10.9. The van der Waals surface area contributed by atoms with Gasteiger partial charge in [0.25, 0.3) is 5.56 Å². The number of hydrogen-bond acceptors (Lipinski definition) is 15. The highest BCUT2D eigenvalue weighted by Crippen LogP contribution is 2.67. The Balaban J connectivity index is 1.69. The Morgan fingerprint density at radius 2 is 1.88 bits per heavy atom. The number of phosphoric acid groups is 2. The normalized spacial score (nSPS) is 24.0. The Bertz CT molecular complexity index is 1680. The van der Waals surface area contributed by atoms with E-state index in [-0.39, 0.29) is 22.7 Å². The van der Waals surface area contributed by atoms with E-state index in [2.05, 4.69) is 40.7 Å². The van der Waals surface area contributed by atoms with Crippen molar-refractivity contribution in [1.82, 2.24) is 19.5 Å². The van der Waals surface area contributed by atoms with Gasteiger partial charge in [0.1, 0.15) is 6.10 Å². The van der Waals surface area contributed by atoms with E-state index in [1.807, 2.05) is 0 Å². The van der Waals surface area contributed by atoms with Crippen molar-refractivity contribution in [1.29, 1.82) is 0 Å². The smallest absolute Gasteiger partial charge is 0.450 e. The summed E-state index contributed by atoms with van der Waals surface area (Å²) in [5, 5.41) is 13.8. The number of H-pyrrole nitrogens is 1. The number of para-hydroxylation sites is 1. The molecule has 2 aromatic heterocycles. The third-order valence-corrected chi connectivity index (χ3v) is 9.61. The number of nitrogens with one attached hydrogen (secondary N) is 2. The Hall–Kier alpha value is -2.61. The number of fused-ring (bicyclic) bond motifs is 1. The number of carbonyl (C=O) groups is 1. The fraction of sp³-hybridized carbons (Fsp3) is 0.294. The maximum Gasteiger partial charge on any atom is 0.488 e. The van der Waals surface area contributed by atoms with Gasteiger partial charge in [-0.25, -0.2) is 23.2 Å². The van der Waals surface area contributed by atoms with Crippen LogP contribution in [0.3, 0.4) is 0 Å². The van der Waals surface area contributed by atoms with Crippen LogP contribution in [0.1, 0.15) is 16.6 Å². The number of aliphatic hydroxyl groups excluding tert-OH is 1. The molecule has 1 aliphatic rings. The Labute approximate surface area is 233 Å². The highest BCUT2D eigenvalue weighted by atomic mass is 32.5. The third-order valence-electron chi connectivity index (χ3n) is 5.21. The van der Waals surface area contributed by atoms with Crippen LogP contribution in [0.2, 0.25) is 0 Å². The Morgan fingerprint density at radius 3 is 2.54 bits per heavy atom. The van der Waals surface area contributed by atoms with Gasteiger partial charge >= 0.3 is 28.3 Å². The van der Waals surface area contributed by atoms with Crippen LogP contribution >= 0.6 is 22.4 Å². The summed E-state index contributed by atoms with van der Waals surface area (Å²) in [6.45, 7) is -4.86. The second kappa shape index (κ2) is 11.6. The van der Waals surface area contributed by atoms with Gasteiger partial charge in [-0.05, 0) is 23.9 Å². The minimum Gasteiger partial charge on any atom is -0.450 e. The summed E-state index contributed by atoms with van der Waals surface area (Å²) in [5.74, 6) is -1.41. The van der Waals surface area contributed by atoms with Crippen molar-refractivity contribution < 1.29 is 61.2 Å². The van der Waals surface area contributed by atoms with E-state index in [9.17, 15) is 33.6 Å². The molecule has 3 heterocycles. The average molecular weight is 658 g/mol. The number of nitrogen functional groups attached to an aromatic ring is 1. The van der Waals surface area contributed by atoms with Crippen molar-refractivity contribution in [3.63, 3.8) is 0 Å². The number of ether oxygens (including phenoxy) is 2. The molecule has 0 aliphatic carbocycles. The highest BCUT2D eigenvalue weighted by molar-refractivity contribution is 8.08. The molecular formula is C17H21N6O14P3S. The lowest BCUT2D eigenvalue weighted by Crippen LogP contribution is -2.37. The first kappa shape index (κ1) is 31.3. The minimum absolute atomic E-state index is 0.0354. The summed E-state index contributed by atoms with van der Waals surface area (Å²) < 4.78 is 49.0. The molecule has 0 saturated carbocycles. The molecule has 0 radical (unpaired) electrons. The molecule has 24 heteroatoms. The SMILES string of the molecule is CNc1ccccc1C(=O)O[C@@H]1[C@@H](OP(=O)(O)OP(=O)(O)OP(O)(O)=S)O[C@@H](n2cnc3c(=O)[nH]c(N)nc32)[C@@H]1O. The molecular weight excluding hydrogens is 637 g/mol. The molecule has 0 spiro atoms. The van der Waals surface area contributed by atoms with Crippen molar-refractivity contribution in [3.05, 3.63) is 46.5 Å². The quantitative estimate of drug-likeness (QED) is 0.102. The number of imidazole rings is 1. The number of esters is 1. The molecule has 1 fully saturated rings. The molecule has 6 atom stereocenters. The zero-order chi connectivity index (χ0) is 30.3. The number of rotatable bonds is 10. The highest BCUT2D eigenvalue weighted by Gasteiger charge is 2.53. The number of anilines is 2. The van der Waals surface area contributed by atoms with Crippen LogP contribution in [0.15, 0.2) is 35.4 Å². The molecule has 4 rings (SSSR count). The van der Waals surface area contributed by atoms with Gasteiger partial charge < -0.3 is 45.2 Å². The summed E-state index contributed by atoms with van der Waals surface area (Å²) in [6.07, 6.45) is -6.76. The van der Waals surface area contributed by atoms with Crippen LogP contribution in [0, 0.1) is 0 Å². The van der Waals surface area contributed by atoms with Crippen LogP contribution in [0.4, 0.5) is 11.6 Å². The zero-order valence-electron chi connectivity index (χ0n) is 20.3. The van der Waals surface area contributed by atoms with E-state index in [1.165, 1.54) is 25.2 Å². The van der Waals surface area contributed by atoms with Crippen molar-refractivity contribution in [2.45, 2.75) is 24.7 Å². The molecule has 1 aliphatic heterocycles. The molecule has 224 valence electrons. The predicted molar refractivity (Wildman–Crippen MR) is 139 cm³/mol. The van der Waals surface area contributed by atoms with Crippen LogP contribution in [0.5, 0.6) is 0 Å². The topological polar surface area (TPSA) is 300 Å². The number of aromatic nitrogens is 4. The van der Waals surface area contributed by atoms with Gasteiger partial charge in [-0.15, -0.1) is 0 Å². The maximum atomic E-state index is 13.0. The van der Waals surface area contributed by atoms with Crippen LogP contribution in [0.25, 0.3) is 11.2 Å². The van der Waals surface area contributed by atoms with Crippen LogP contribution in [-0.2, 0) is 43.6 Å². The van der Waals surface area contributed by atoms with E-state index in [4.69, 9.17) is 29.5 Å². The number of aliphatic hydroxyl groups is 1. The van der Waals surface area contributed by atoms with Crippen molar-refractivity contribution >= 4 is 62.9 Å². The number of hydrogen-bond donors (Lipinski definition) is 8. The predicted octanol–water partition coefficient (Wildman–Crippen LogP) is -0.355. The fourth-order valence-electron chi connectivity index (χ4n) is 3.68. The molecule has 0 bridgehead atoms. The van der Waals surface area contributed by atoms with E-state index < -0.39 is 58.6 Å². The summed E-state index contributed by atoms with van der Waals surface area (Å²) in [7, 11) is -9.97. The number of nitrogens with two attached hydrogens (primary N) is 1. The van der Waals surface area contributed by atoms with Crippen molar-refractivity contribution in [2.24, 2.45) is 0 Å². The summed E-state index contributed by atoms with van der Waals surface area (Å²) >= 11 is 4.04. The summed E-state index contributed by atoms with van der Waals surface area (Å²) in [5.41, 5.74) is 4.65.